The molecular weight excluding hydrogens is 404 g/mol. The summed E-state index contributed by atoms with van der Waals surface area (Å²) in [6.07, 6.45) is -0.275. The van der Waals surface area contributed by atoms with E-state index in [0.717, 1.165) is 0 Å². The highest BCUT2D eigenvalue weighted by Crippen LogP contribution is 2.70. The van der Waals surface area contributed by atoms with Gasteiger partial charge in [-0.3, -0.25) is 14.4 Å². The number of fused-ring (bicyclic) bond motifs is 3. The normalized spacial score (nSPS) is 54.5. The van der Waals surface area contributed by atoms with Gasteiger partial charge < -0.3 is 25.1 Å². The lowest BCUT2D eigenvalue weighted by Crippen LogP contribution is -2.77. The molecule has 5 aliphatic heterocycles. The van der Waals surface area contributed by atoms with E-state index in [0.29, 0.717) is 25.7 Å². The first-order chi connectivity index (χ1) is 13.3. The van der Waals surface area contributed by atoms with E-state index in [-0.39, 0.29) is 36.4 Å². The first kappa shape index (κ1) is 18.0. The van der Waals surface area contributed by atoms with Crippen molar-refractivity contribution in [3.8, 4) is 0 Å². The quantitative estimate of drug-likeness (QED) is 0.442. The van der Waals surface area contributed by atoms with Crippen molar-refractivity contribution in [2.24, 2.45) is 11.8 Å². The number of Topliss-reactive ketones (excluding diaryl/α,β-unsaturated/α-hetero) is 1. The van der Waals surface area contributed by atoms with Crippen LogP contribution in [0.4, 0.5) is 0 Å². The number of carbonyl (C=O) groups excluding carboxylic acids is 3. The van der Waals surface area contributed by atoms with E-state index in [1.807, 2.05) is 0 Å². The fraction of sp³-hybridized carbons (Fsp3) is 0.833. The lowest BCUT2D eigenvalue weighted by atomic mass is 9.80. The third kappa shape index (κ3) is 1.81. The van der Waals surface area contributed by atoms with Crippen molar-refractivity contribution in [3.63, 3.8) is 0 Å². The maximum absolute atomic E-state index is 13.8. The third-order valence-corrected chi connectivity index (χ3v) is 11.4. The molecule has 7 fully saturated rings. The Labute approximate surface area is 169 Å². The average molecular weight is 427 g/mol. The first-order valence-electron chi connectivity index (χ1n) is 9.93. The number of hydrogen-bond donors (Lipinski definition) is 3. The standard InChI is InChI=1S/C18H22N2O6S2/c21-9-1-3-11(23)13-7(9)5-17-15(25)20-14-8(10(22)2-4-12(14)24)6-18(20,28-27-17)16(26)19(13)17/h7-9,11-14,21,23-24H,1-6H2/t7-,8-,9+,11+,12+,13+,14-,17-,18-/m1/s1. The minimum Gasteiger partial charge on any atom is -0.393 e. The molecule has 2 bridgehead atoms. The maximum atomic E-state index is 13.8. The van der Waals surface area contributed by atoms with Crippen LogP contribution in [0.3, 0.4) is 0 Å². The summed E-state index contributed by atoms with van der Waals surface area (Å²) in [7, 11) is 2.68. The Kier molecular flexibility index (Phi) is 3.51. The molecule has 2 saturated carbocycles. The number of aliphatic hydroxyl groups is 3. The lowest BCUT2D eigenvalue weighted by Gasteiger charge is -2.59. The smallest absolute Gasteiger partial charge is 0.261 e. The predicted octanol–water partition coefficient (Wildman–Crippen LogP) is -0.539. The van der Waals surface area contributed by atoms with Crippen molar-refractivity contribution < 1.29 is 29.7 Å². The van der Waals surface area contributed by atoms with Crippen molar-refractivity contribution in [1.29, 1.82) is 0 Å². The number of ketones is 1. The highest BCUT2D eigenvalue weighted by Gasteiger charge is 2.79. The van der Waals surface area contributed by atoms with Crippen LogP contribution in [0.1, 0.15) is 38.5 Å². The molecule has 2 aliphatic carbocycles. The Balaban J connectivity index is 1.50. The largest absolute Gasteiger partial charge is 0.393 e. The highest BCUT2D eigenvalue weighted by molar-refractivity contribution is 8.78. The minimum absolute atomic E-state index is 0.0115. The van der Waals surface area contributed by atoms with E-state index in [4.69, 9.17) is 0 Å². The van der Waals surface area contributed by atoms with E-state index in [9.17, 15) is 29.7 Å². The molecule has 0 radical (unpaired) electrons. The topological polar surface area (TPSA) is 118 Å². The summed E-state index contributed by atoms with van der Waals surface area (Å²) in [5, 5.41) is 31.8. The van der Waals surface area contributed by atoms with Crippen LogP contribution in [0, 0.1) is 11.8 Å². The van der Waals surface area contributed by atoms with Crippen LogP contribution in [-0.2, 0) is 14.4 Å². The molecule has 10 heteroatoms. The van der Waals surface area contributed by atoms with Crippen LogP contribution in [0.5, 0.6) is 0 Å². The fourth-order valence-corrected chi connectivity index (χ4v) is 10.4. The van der Waals surface area contributed by atoms with Gasteiger partial charge in [0.05, 0.1) is 30.4 Å². The van der Waals surface area contributed by atoms with Crippen molar-refractivity contribution in [2.45, 2.75) is 78.7 Å². The number of hydrogen-bond acceptors (Lipinski definition) is 8. The second-order valence-corrected chi connectivity index (χ2v) is 11.7. The van der Waals surface area contributed by atoms with Gasteiger partial charge in [0, 0.05) is 24.7 Å². The average Bonchev–Trinajstić information content (AvgIpc) is 3.22. The van der Waals surface area contributed by atoms with Crippen LogP contribution >= 0.6 is 21.6 Å². The molecule has 9 atom stereocenters. The molecule has 5 heterocycles. The van der Waals surface area contributed by atoms with E-state index < -0.39 is 46.1 Å². The van der Waals surface area contributed by atoms with Gasteiger partial charge in [-0.15, -0.1) is 0 Å². The summed E-state index contributed by atoms with van der Waals surface area (Å²) in [5.74, 6) is -1.33. The van der Waals surface area contributed by atoms with Crippen molar-refractivity contribution in [1.82, 2.24) is 9.80 Å². The van der Waals surface area contributed by atoms with Crippen LogP contribution in [0.25, 0.3) is 0 Å². The molecule has 28 heavy (non-hydrogen) atoms. The first-order valence-corrected chi connectivity index (χ1v) is 12.1. The summed E-state index contributed by atoms with van der Waals surface area (Å²) in [6, 6.07) is -1.22. The van der Waals surface area contributed by atoms with Gasteiger partial charge in [-0.1, -0.05) is 21.6 Å². The number of amides is 2. The summed E-state index contributed by atoms with van der Waals surface area (Å²) < 4.78 is 0. The molecule has 5 saturated heterocycles. The van der Waals surface area contributed by atoms with Gasteiger partial charge in [0.2, 0.25) is 0 Å². The van der Waals surface area contributed by atoms with E-state index >= 15 is 0 Å². The van der Waals surface area contributed by atoms with Crippen LogP contribution in [0.15, 0.2) is 0 Å². The van der Waals surface area contributed by atoms with Gasteiger partial charge in [-0.2, -0.15) is 0 Å². The maximum Gasteiger partial charge on any atom is 0.261 e. The molecule has 8 nitrogen and oxygen atoms in total. The van der Waals surface area contributed by atoms with Crippen LogP contribution < -0.4 is 0 Å². The van der Waals surface area contributed by atoms with Crippen molar-refractivity contribution in [3.05, 3.63) is 0 Å². The summed E-state index contributed by atoms with van der Waals surface area (Å²) >= 11 is 0. The third-order valence-electron chi connectivity index (χ3n) is 7.80. The SMILES string of the molecule is O=C1CC[C@H](O)[C@H]2[C@@H]1C[C@@]13SS[C@]4(C[C@H]5[C@@H]([C@@H](O)CC[C@@H]5O)N4C1=O)C(=O)N23. The van der Waals surface area contributed by atoms with Gasteiger partial charge in [-0.25, -0.2) is 0 Å². The van der Waals surface area contributed by atoms with Crippen LogP contribution in [0.2, 0.25) is 0 Å². The Morgan fingerprint density at radius 3 is 2.07 bits per heavy atom. The number of rotatable bonds is 0. The van der Waals surface area contributed by atoms with E-state index in [1.54, 1.807) is 4.90 Å². The van der Waals surface area contributed by atoms with Crippen molar-refractivity contribution >= 4 is 39.2 Å². The lowest BCUT2D eigenvalue weighted by molar-refractivity contribution is -0.171. The number of aliphatic hydroxyl groups excluding tert-OH is 3. The molecule has 0 aromatic carbocycles. The zero-order valence-electron chi connectivity index (χ0n) is 15.1. The Morgan fingerprint density at radius 1 is 0.786 bits per heavy atom. The number of nitrogens with zero attached hydrogens (tertiary/aromatic N) is 2. The van der Waals surface area contributed by atoms with Gasteiger partial charge in [0.25, 0.3) is 11.8 Å². The van der Waals surface area contributed by atoms with Crippen LogP contribution in [-0.4, -0.2) is 82.9 Å². The zero-order valence-corrected chi connectivity index (χ0v) is 16.7. The molecule has 2 spiro atoms. The summed E-state index contributed by atoms with van der Waals surface area (Å²) in [5.41, 5.74) is 0. The van der Waals surface area contributed by atoms with Gasteiger partial charge in [-0.05, 0) is 25.7 Å². The number of piperazine rings is 1. The van der Waals surface area contributed by atoms with Gasteiger partial charge >= 0.3 is 0 Å². The monoisotopic (exact) mass is 426 g/mol. The molecule has 152 valence electrons. The summed E-state index contributed by atoms with van der Waals surface area (Å²) in [6.45, 7) is 0. The second kappa shape index (κ2) is 5.46. The molecule has 7 aliphatic rings. The molecule has 2 amide bonds. The molecule has 7 rings (SSSR count). The molecule has 0 aromatic heterocycles. The molecular formula is C18H22N2O6S2. The van der Waals surface area contributed by atoms with Crippen molar-refractivity contribution in [2.75, 3.05) is 0 Å². The Bertz CT molecular complexity index is 809. The predicted molar refractivity (Wildman–Crippen MR) is 99.6 cm³/mol. The van der Waals surface area contributed by atoms with E-state index in [2.05, 4.69) is 0 Å². The highest BCUT2D eigenvalue weighted by atomic mass is 33.1. The van der Waals surface area contributed by atoms with Gasteiger partial charge in [0.1, 0.15) is 5.78 Å². The Hall–Kier alpha value is -0.810. The fourth-order valence-electron chi connectivity index (χ4n) is 6.56. The minimum atomic E-state index is -1.20. The summed E-state index contributed by atoms with van der Waals surface area (Å²) in [4.78, 5) is 40.8. The molecule has 0 unspecified atom stereocenters. The molecule has 0 aromatic rings. The zero-order chi connectivity index (χ0) is 19.6. The van der Waals surface area contributed by atoms with Gasteiger partial charge in [0.15, 0.2) is 9.74 Å². The number of carbonyl (C=O) groups is 3. The second-order valence-electron chi connectivity index (χ2n) is 9.03. The Morgan fingerprint density at radius 2 is 1.36 bits per heavy atom. The van der Waals surface area contributed by atoms with E-state index in [1.165, 1.54) is 26.5 Å². The molecule has 3 N–H and O–H groups in total.